The molecule has 4 rings (SSSR count). The lowest BCUT2D eigenvalue weighted by Gasteiger charge is -2.41. The average Bonchev–Trinajstić information content (AvgIpc) is 3.16. The van der Waals surface area contributed by atoms with Gasteiger partial charge in [0.2, 0.25) is 5.92 Å². The number of nitrogens with zero attached hydrogens (tertiary/aromatic N) is 2. The van der Waals surface area contributed by atoms with Crippen LogP contribution in [-0.4, -0.2) is 23.5 Å². The second-order valence-electron chi connectivity index (χ2n) is 8.58. The summed E-state index contributed by atoms with van der Waals surface area (Å²) < 4.78 is 33.3. The number of rotatable bonds is 2. The zero-order valence-corrected chi connectivity index (χ0v) is 18.0. The number of alkyl halides is 2. The molecule has 158 valence electrons. The molecule has 0 bridgehead atoms. The molecule has 1 unspecified atom stereocenters. The number of amidine groups is 1. The molecule has 0 aromatic carbocycles. The molecule has 3 heterocycles. The van der Waals surface area contributed by atoms with E-state index in [0.29, 0.717) is 25.9 Å². The molecule has 30 heavy (non-hydrogen) atoms. The fourth-order valence-corrected chi connectivity index (χ4v) is 5.54. The van der Waals surface area contributed by atoms with Crippen LogP contribution in [0.15, 0.2) is 34.9 Å². The van der Waals surface area contributed by atoms with Crippen molar-refractivity contribution in [3.05, 3.63) is 40.3 Å². The fraction of sp³-hybridized carbons (Fsp3) is 0.478. The first-order chi connectivity index (χ1) is 14.2. The third-order valence-electron chi connectivity index (χ3n) is 6.12. The Labute approximate surface area is 179 Å². The molecule has 1 saturated carbocycles. The summed E-state index contributed by atoms with van der Waals surface area (Å²) >= 11 is 1.60. The van der Waals surface area contributed by atoms with Crippen LogP contribution in [0.3, 0.4) is 0 Å². The first-order valence-electron chi connectivity index (χ1n) is 10.1. The Morgan fingerprint density at radius 3 is 2.63 bits per heavy atom. The van der Waals surface area contributed by atoms with Crippen LogP contribution in [-0.2, 0) is 10.3 Å². The molecule has 1 atom stereocenters. The Morgan fingerprint density at radius 2 is 1.90 bits per heavy atom. The maximum absolute atomic E-state index is 13.8. The van der Waals surface area contributed by atoms with Gasteiger partial charge in [-0.2, -0.15) is 0 Å². The number of hydrogen-bond donors (Lipinski definition) is 1. The van der Waals surface area contributed by atoms with Gasteiger partial charge >= 0.3 is 0 Å². The van der Waals surface area contributed by atoms with Gasteiger partial charge in [-0.1, -0.05) is 5.92 Å². The van der Waals surface area contributed by atoms with Gasteiger partial charge < -0.3 is 10.5 Å². The monoisotopic (exact) mass is 429 g/mol. The molecule has 1 aliphatic carbocycles. The molecular weight excluding hydrogens is 404 g/mol. The van der Waals surface area contributed by atoms with Crippen LogP contribution in [0, 0.1) is 17.3 Å². The molecule has 7 heteroatoms. The summed E-state index contributed by atoms with van der Waals surface area (Å²) in [5.41, 5.74) is 7.93. The highest BCUT2D eigenvalue weighted by atomic mass is 32.1. The van der Waals surface area contributed by atoms with Crippen molar-refractivity contribution in [3.63, 3.8) is 0 Å². The highest BCUT2D eigenvalue weighted by molar-refractivity contribution is 7.10. The number of pyridine rings is 1. The number of halogens is 2. The summed E-state index contributed by atoms with van der Waals surface area (Å²) in [7, 11) is 0. The van der Waals surface area contributed by atoms with Gasteiger partial charge in [-0.25, -0.2) is 13.8 Å². The van der Waals surface area contributed by atoms with Gasteiger partial charge in [0.25, 0.3) is 6.02 Å². The van der Waals surface area contributed by atoms with Gasteiger partial charge in [0.1, 0.15) is 0 Å². The number of ether oxygens (including phenoxy) is 1. The SMILES string of the molecule is CC#Cc1cncc(-c2csc(C3(C)CC4(CCC(F)(F)CC4)COC(N)=N3)c2)c1. The Hall–Kier alpha value is -2.46. The molecule has 2 aromatic heterocycles. The van der Waals surface area contributed by atoms with Gasteiger partial charge in [-0.15, -0.1) is 17.3 Å². The molecule has 1 spiro atoms. The van der Waals surface area contributed by atoms with Gasteiger partial charge in [0.05, 0.1) is 12.1 Å². The first kappa shape index (κ1) is 20.8. The second kappa shape index (κ2) is 7.66. The van der Waals surface area contributed by atoms with Crippen molar-refractivity contribution in [2.75, 3.05) is 6.61 Å². The van der Waals surface area contributed by atoms with E-state index in [-0.39, 0.29) is 24.3 Å². The molecule has 2 N–H and O–H groups in total. The van der Waals surface area contributed by atoms with Crippen LogP contribution in [0.25, 0.3) is 11.1 Å². The lowest BCUT2D eigenvalue weighted by molar-refractivity contribution is -0.0812. The Kier molecular flexibility index (Phi) is 5.31. The molecule has 2 aromatic rings. The van der Waals surface area contributed by atoms with Crippen molar-refractivity contribution >= 4 is 17.4 Å². The zero-order chi connectivity index (χ0) is 21.4. The quantitative estimate of drug-likeness (QED) is 0.657. The minimum Gasteiger partial charge on any atom is -0.465 e. The second-order valence-corrected chi connectivity index (χ2v) is 9.49. The first-order valence-corrected chi connectivity index (χ1v) is 10.9. The van der Waals surface area contributed by atoms with Crippen molar-refractivity contribution in [2.45, 2.75) is 57.4 Å². The van der Waals surface area contributed by atoms with E-state index in [1.54, 1.807) is 24.5 Å². The van der Waals surface area contributed by atoms with E-state index in [9.17, 15) is 8.78 Å². The fourth-order valence-electron chi connectivity index (χ4n) is 4.51. The molecule has 1 fully saturated rings. The number of aromatic nitrogens is 1. The summed E-state index contributed by atoms with van der Waals surface area (Å²) in [5, 5.41) is 2.07. The highest BCUT2D eigenvalue weighted by Gasteiger charge is 2.49. The summed E-state index contributed by atoms with van der Waals surface area (Å²) in [6, 6.07) is 4.23. The lowest BCUT2D eigenvalue weighted by Crippen LogP contribution is -2.39. The van der Waals surface area contributed by atoms with E-state index in [1.807, 2.05) is 19.2 Å². The molecule has 0 saturated heterocycles. The molecule has 0 radical (unpaired) electrons. The molecule has 4 nitrogen and oxygen atoms in total. The molecule has 2 aliphatic rings. The highest BCUT2D eigenvalue weighted by Crippen LogP contribution is 2.52. The number of nitrogens with two attached hydrogens (primary N) is 1. The Bertz CT molecular complexity index is 1030. The van der Waals surface area contributed by atoms with Gasteiger partial charge in [0.15, 0.2) is 0 Å². The van der Waals surface area contributed by atoms with Crippen molar-refractivity contribution in [3.8, 4) is 23.0 Å². The summed E-state index contributed by atoms with van der Waals surface area (Å²) in [5.74, 6) is 3.33. The largest absolute Gasteiger partial charge is 0.465 e. The normalized spacial score (nSPS) is 24.9. The summed E-state index contributed by atoms with van der Waals surface area (Å²) in [6.07, 6.45) is 4.79. The van der Waals surface area contributed by atoms with Crippen LogP contribution in [0.1, 0.15) is 56.4 Å². The topological polar surface area (TPSA) is 60.5 Å². The Balaban J connectivity index is 1.65. The standard InChI is InChI=1S/C23H25F2N3OS/c1-3-4-16-9-17(12-27-11-16)18-10-19(30-13-18)21(2)14-22(15-29-20(26)28-21)5-7-23(24,25)8-6-22/h9-13H,5-8,14-15H2,1-2H3,(H2,26,28). The van der Waals surface area contributed by atoms with Crippen LogP contribution in [0.5, 0.6) is 0 Å². The van der Waals surface area contributed by atoms with Crippen molar-refractivity contribution in [1.29, 1.82) is 0 Å². The molecule has 0 amide bonds. The van der Waals surface area contributed by atoms with Gasteiger partial charge in [0, 0.05) is 46.7 Å². The molecular formula is C23H25F2N3OS. The van der Waals surface area contributed by atoms with Gasteiger partial charge in [-0.3, -0.25) is 4.98 Å². The van der Waals surface area contributed by atoms with Crippen LogP contribution in [0.2, 0.25) is 0 Å². The maximum atomic E-state index is 13.8. The summed E-state index contributed by atoms with van der Waals surface area (Å²) in [6.45, 7) is 4.16. The van der Waals surface area contributed by atoms with E-state index in [1.165, 1.54) is 0 Å². The van der Waals surface area contributed by atoms with Crippen LogP contribution in [0.4, 0.5) is 8.78 Å². The number of thiophene rings is 1. The van der Waals surface area contributed by atoms with Crippen LogP contribution < -0.4 is 5.73 Å². The zero-order valence-electron chi connectivity index (χ0n) is 17.2. The van der Waals surface area contributed by atoms with Crippen LogP contribution >= 0.6 is 11.3 Å². The van der Waals surface area contributed by atoms with E-state index < -0.39 is 11.5 Å². The number of hydrogen-bond acceptors (Lipinski definition) is 5. The predicted octanol–water partition coefficient (Wildman–Crippen LogP) is 5.33. The smallest absolute Gasteiger partial charge is 0.282 e. The van der Waals surface area contributed by atoms with Crippen molar-refractivity contribution < 1.29 is 13.5 Å². The molecule has 1 aliphatic heterocycles. The maximum Gasteiger partial charge on any atom is 0.282 e. The van der Waals surface area contributed by atoms with E-state index in [2.05, 4.69) is 33.3 Å². The minimum atomic E-state index is -2.59. The van der Waals surface area contributed by atoms with E-state index in [0.717, 1.165) is 21.6 Å². The Morgan fingerprint density at radius 1 is 1.13 bits per heavy atom. The third kappa shape index (κ3) is 4.20. The predicted molar refractivity (Wildman–Crippen MR) is 115 cm³/mol. The van der Waals surface area contributed by atoms with Crippen molar-refractivity contribution in [1.82, 2.24) is 4.98 Å². The average molecular weight is 430 g/mol. The van der Waals surface area contributed by atoms with Crippen molar-refractivity contribution in [2.24, 2.45) is 16.1 Å². The lowest BCUT2D eigenvalue weighted by atomic mass is 9.67. The third-order valence-corrected chi connectivity index (χ3v) is 7.30. The van der Waals surface area contributed by atoms with E-state index >= 15 is 0 Å². The van der Waals surface area contributed by atoms with Gasteiger partial charge in [-0.05, 0) is 56.2 Å². The summed E-state index contributed by atoms with van der Waals surface area (Å²) in [4.78, 5) is 10.0. The minimum absolute atomic E-state index is 0.112. The number of aliphatic imine (C=N–C) groups is 1. The van der Waals surface area contributed by atoms with E-state index in [4.69, 9.17) is 10.5 Å².